The summed E-state index contributed by atoms with van der Waals surface area (Å²) in [6.45, 7) is 2.51. The van der Waals surface area contributed by atoms with Crippen LogP contribution >= 0.6 is 12.4 Å². The highest BCUT2D eigenvalue weighted by molar-refractivity contribution is 5.85. The van der Waals surface area contributed by atoms with Crippen LogP contribution in [0.15, 0.2) is 18.2 Å². The summed E-state index contributed by atoms with van der Waals surface area (Å²) < 4.78 is 15.9. The summed E-state index contributed by atoms with van der Waals surface area (Å²) in [5, 5.41) is 6.03. The molecular weight excluding hydrogens is 308 g/mol. The van der Waals surface area contributed by atoms with Crippen LogP contribution in [0.25, 0.3) is 0 Å². The van der Waals surface area contributed by atoms with Gasteiger partial charge >= 0.3 is 0 Å². The molecule has 1 aromatic carbocycles. The molecule has 1 heterocycles. The molecule has 124 valence electrons. The van der Waals surface area contributed by atoms with E-state index in [2.05, 4.69) is 10.6 Å². The number of benzene rings is 1. The van der Waals surface area contributed by atoms with E-state index in [9.17, 15) is 4.79 Å². The van der Waals surface area contributed by atoms with Crippen molar-refractivity contribution >= 4 is 18.3 Å². The molecule has 0 saturated carbocycles. The summed E-state index contributed by atoms with van der Waals surface area (Å²) in [6.07, 6.45) is 0.343. The maximum absolute atomic E-state index is 11.9. The van der Waals surface area contributed by atoms with E-state index in [1.165, 1.54) is 0 Å². The minimum Gasteiger partial charge on any atom is -0.493 e. The molecule has 2 rings (SSSR count). The van der Waals surface area contributed by atoms with Gasteiger partial charge < -0.3 is 24.8 Å². The molecule has 1 aliphatic rings. The largest absolute Gasteiger partial charge is 0.493 e. The lowest BCUT2D eigenvalue weighted by Gasteiger charge is -2.22. The van der Waals surface area contributed by atoms with Gasteiger partial charge in [-0.2, -0.15) is 0 Å². The molecule has 1 aliphatic heterocycles. The van der Waals surface area contributed by atoms with Crippen LogP contribution in [0.3, 0.4) is 0 Å². The van der Waals surface area contributed by atoms with Gasteiger partial charge in [0.05, 0.1) is 20.8 Å². The van der Waals surface area contributed by atoms with Crippen LogP contribution in [-0.4, -0.2) is 52.5 Å². The third kappa shape index (κ3) is 5.05. The lowest BCUT2D eigenvalue weighted by atomic mass is 10.1. The van der Waals surface area contributed by atoms with Crippen LogP contribution in [0.2, 0.25) is 0 Å². The van der Waals surface area contributed by atoms with Crippen molar-refractivity contribution in [1.29, 1.82) is 0 Å². The topological polar surface area (TPSA) is 68.8 Å². The molecule has 1 amide bonds. The molecule has 0 radical (unpaired) electrons. The molecular formula is C15H23ClN2O4. The Bertz CT molecular complexity index is 479. The Morgan fingerprint density at radius 3 is 2.77 bits per heavy atom. The number of carbonyl (C=O) groups is 1. The van der Waals surface area contributed by atoms with E-state index in [0.717, 1.165) is 18.5 Å². The summed E-state index contributed by atoms with van der Waals surface area (Å²) in [4.78, 5) is 11.9. The van der Waals surface area contributed by atoms with Gasteiger partial charge in [0.25, 0.3) is 0 Å². The van der Waals surface area contributed by atoms with Crippen molar-refractivity contribution in [2.75, 3.05) is 40.5 Å². The fraction of sp³-hybridized carbons (Fsp3) is 0.533. The fourth-order valence-corrected chi connectivity index (χ4v) is 2.21. The van der Waals surface area contributed by atoms with Crippen molar-refractivity contribution in [3.63, 3.8) is 0 Å². The second kappa shape index (κ2) is 9.50. The quantitative estimate of drug-likeness (QED) is 0.806. The molecule has 0 bridgehead atoms. The van der Waals surface area contributed by atoms with E-state index in [0.29, 0.717) is 31.2 Å². The standard InChI is InChI=1S/C15H22N2O4.ClH/c1-19-12-4-3-11(9-13(12)20-2)5-6-17-15(18)14-10-16-7-8-21-14;/h3-4,9,14,16H,5-8,10H2,1-2H3,(H,17,18);1H. The maximum atomic E-state index is 11.9. The van der Waals surface area contributed by atoms with Crippen LogP contribution in [-0.2, 0) is 16.0 Å². The Hall–Kier alpha value is -1.50. The normalized spacial score (nSPS) is 17.3. The molecule has 7 heteroatoms. The minimum absolute atomic E-state index is 0. The van der Waals surface area contributed by atoms with Gasteiger partial charge in [0, 0.05) is 19.6 Å². The number of halogens is 1. The van der Waals surface area contributed by atoms with Gasteiger partial charge in [0.2, 0.25) is 5.91 Å². The van der Waals surface area contributed by atoms with E-state index >= 15 is 0 Å². The summed E-state index contributed by atoms with van der Waals surface area (Å²) >= 11 is 0. The number of morpholine rings is 1. The monoisotopic (exact) mass is 330 g/mol. The van der Waals surface area contributed by atoms with E-state index in [1.807, 2.05) is 18.2 Å². The molecule has 0 spiro atoms. The number of hydrogen-bond acceptors (Lipinski definition) is 5. The van der Waals surface area contributed by atoms with Gasteiger partial charge in [-0.05, 0) is 24.1 Å². The summed E-state index contributed by atoms with van der Waals surface area (Å²) in [7, 11) is 3.22. The predicted octanol–water partition coefficient (Wildman–Crippen LogP) is 0.773. The van der Waals surface area contributed by atoms with Crippen LogP contribution in [0.5, 0.6) is 11.5 Å². The number of hydrogen-bond donors (Lipinski definition) is 2. The van der Waals surface area contributed by atoms with Gasteiger partial charge in [-0.3, -0.25) is 4.79 Å². The summed E-state index contributed by atoms with van der Waals surface area (Å²) in [5.74, 6) is 1.33. The number of methoxy groups -OCH3 is 2. The van der Waals surface area contributed by atoms with E-state index in [-0.39, 0.29) is 24.4 Å². The van der Waals surface area contributed by atoms with E-state index in [1.54, 1.807) is 14.2 Å². The lowest BCUT2D eigenvalue weighted by molar-refractivity contribution is -0.134. The van der Waals surface area contributed by atoms with Crippen LogP contribution in [0.1, 0.15) is 5.56 Å². The van der Waals surface area contributed by atoms with Crippen LogP contribution in [0.4, 0.5) is 0 Å². The summed E-state index contributed by atoms with van der Waals surface area (Å²) in [6, 6.07) is 5.75. The second-order valence-corrected chi connectivity index (χ2v) is 4.79. The second-order valence-electron chi connectivity index (χ2n) is 4.79. The Morgan fingerprint density at radius 1 is 1.36 bits per heavy atom. The lowest BCUT2D eigenvalue weighted by Crippen LogP contribution is -2.48. The zero-order valence-electron chi connectivity index (χ0n) is 12.9. The average Bonchev–Trinajstić information content (AvgIpc) is 2.55. The molecule has 1 aromatic rings. The number of rotatable bonds is 6. The first kappa shape index (κ1) is 18.5. The number of amides is 1. The van der Waals surface area contributed by atoms with Crippen LogP contribution in [0, 0.1) is 0 Å². The Kier molecular flexibility index (Phi) is 8.01. The molecule has 6 nitrogen and oxygen atoms in total. The maximum Gasteiger partial charge on any atom is 0.250 e. The van der Waals surface area contributed by atoms with Crippen LogP contribution < -0.4 is 20.1 Å². The average molecular weight is 331 g/mol. The molecule has 0 aromatic heterocycles. The predicted molar refractivity (Wildman–Crippen MR) is 86.1 cm³/mol. The third-order valence-corrected chi connectivity index (χ3v) is 3.38. The smallest absolute Gasteiger partial charge is 0.250 e. The first-order chi connectivity index (χ1) is 10.2. The Balaban J connectivity index is 0.00000242. The minimum atomic E-state index is -0.385. The highest BCUT2D eigenvalue weighted by Crippen LogP contribution is 2.27. The van der Waals surface area contributed by atoms with E-state index in [4.69, 9.17) is 14.2 Å². The summed E-state index contributed by atoms with van der Waals surface area (Å²) in [5.41, 5.74) is 1.08. The molecule has 1 unspecified atom stereocenters. The molecule has 2 N–H and O–H groups in total. The van der Waals surface area contributed by atoms with Gasteiger partial charge in [-0.25, -0.2) is 0 Å². The molecule has 1 atom stereocenters. The molecule has 0 aliphatic carbocycles. The highest BCUT2D eigenvalue weighted by atomic mass is 35.5. The van der Waals surface area contributed by atoms with Gasteiger partial charge in [0.15, 0.2) is 11.5 Å². The third-order valence-electron chi connectivity index (χ3n) is 3.38. The van der Waals surface area contributed by atoms with Crippen molar-refractivity contribution in [2.24, 2.45) is 0 Å². The first-order valence-corrected chi connectivity index (χ1v) is 7.05. The van der Waals surface area contributed by atoms with Crippen molar-refractivity contribution in [2.45, 2.75) is 12.5 Å². The highest BCUT2D eigenvalue weighted by Gasteiger charge is 2.20. The fourth-order valence-electron chi connectivity index (χ4n) is 2.21. The van der Waals surface area contributed by atoms with Crippen molar-refractivity contribution < 1.29 is 19.0 Å². The van der Waals surface area contributed by atoms with Crippen molar-refractivity contribution in [3.8, 4) is 11.5 Å². The zero-order valence-corrected chi connectivity index (χ0v) is 13.7. The first-order valence-electron chi connectivity index (χ1n) is 7.05. The van der Waals surface area contributed by atoms with Gasteiger partial charge in [-0.1, -0.05) is 6.07 Å². The van der Waals surface area contributed by atoms with Crippen molar-refractivity contribution in [3.05, 3.63) is 23.8 Å². The Morgan fingerprint density at radius 2 is 2.14 bits per heavy atom. The Labute approximate surface area is 136 Å². The van der Waals surface area contributed by atoms with Gasteiger partial charge in [0.1, 0.15) is 6.10 Å². The van der Waals surface area contributed by atoms with E-state index < -0.39 is 0 Å². The zero-order chi connectivity index (χ0) is 15.1. The molecule has 1 saturated heterocycles. The van der Waals surface area contributed by atoms with Crippen molar-refractivity contribution in [1.82, 2.24) is 10.6 Å². The molecule has 22 heavy (non-hydrogen) atoms. The number of nitrogens with one attached hydrogen (secondary N) is 2. The number of ether oxygens (including phenoxy) is 3. The molecule has 1 fully saturated rings. The SMILES string of the molecule is COc1ccc(CCNC(=O)C2CNCCO2)cc1OC.Cl. The number of carbonyl (C=O) groups excluding carboxylic acids is 1. The van der Waals surface area contributed by atoms with Gasteiger partial charge in [-0.15, -0.1) is 12.4 Å².